The maximum Gasteiger partial charge on any atom is 0.258 e. The average molecular weight is 419 g/mol. The molecule has 0 bridgehead atoms. The topological polar surface area (TPSA) is 97.3 Å². The molecule has 1 atom stereocenters. The third-order valence-electron chi connectivity index (χ3n) is 5.32. The Kier molecular flexibility index (Phi) is 4.87. The SMILES string of the molecule is COc1ccc(-c2nc(-c3nnn4c3COC(c3ccc(C)cc3)C4)no2)cc1OC. The Bertz CT molecular complexity index is 1220. The molecule has 0 aliphatic carbocycles. The molecule has 31 heavy (non-hydrogen) atoms. The van der Waals surface area contributed by atoms with E-state index < -0.39 is 0 Å². The lowest BCUT2D eigenvalue weighted by Gasteiger charge is -2.24. The summed E-state index contributed by atoms with van der Waals surface area (Å²) in [5, 5.41) is 12.7. The Balaban J connectivity index is 1.40. The normalized spacial score (nSPS) is 15.5. The molecule has 2 aromatic heterocycles. The fourth-order valence-electron chi connectivity index (χ4n) is 3.57. The Morgan fingerprint density at radius 3 is 2.61 bits per heavy atom. The zero-order chi connectivity index (χ0) is 21.4. The Morgan fingerprint density at radius 2 is 1.84 bits per heavy atom. The molecular weight excluding hydrogens is 398 g/mol. The molecule has 4 aromatic rings. The van der Waals surface area contributed by atoms with Crippen molar-refractivity contribution in [2.24, 2.45) is 0 Å². The number of hydrogen-bond acceptors (Lipinski definition) is 8. The van der Waals surface area contributed by atoms with E-state index in [1.807, 2.05) is 10.7 Å². The molecule has 0 fully saturated rings. The lowest BCUT2D eigenvalue weighted by Crippen LogP contribution is -2.22. The average Bonchev–Trinajstić information content (AvgIpc) is 3.45. The second kappa shape index (κ2) is 7.84. The van der Waals surface area contributed by atoms with Gasteiger partial charge in [-0.05, 0) is 30.7 Å². The fraction of sp³-hybridized carbons (Fsp3) is 0.273. The number of hydrogen-bond donors (Lipinski definition) is 0. The summed E-state index contributed by atoms with van der Waals surface area (Å²) in [5.41, 5.74) is 4.42. The number of ether oxygens (including phenoxy) is 3. The largest absolute Gasteiger partial charge is 0.493 e. The number of rotatable bonds is 5. The molecule has 5 rings (SSSR count). The van der Waals surface area contributed by atoms with Gasteiger partial charge in [0.2, 0.25) is 5.82 Å². The van der Waals surface area contributed by atoms with Crippen LogP contribution in [0.15, 0.2) is 47.0 Å². The quantitative estimate of drug-likeness (QED) is 0.484. The van der Waals surface area contributed by atoms with E-state index in [0.29, 0.717) is 47.6 Å². The first kappa shape index (κ1) is 19.3. The molecule has 9 nitrogen and oxygen atoms in total. The van der Waals surface area contributed by atoms with Crippen LogP contribution in [0.3, 0.4) is 0 Å². The van der Waals surface area contributed by atoms with Crippen LogP contribution in [-0.4, -0.2) is 39.4 Å². The number of nitrogens with zero attached hydrogens (tertiary/aromatic N) is 5. The van der Waals surface area contributed by atoms with E-state index >= 15 is 0 Å². The summed E-state index contributed by atoms with van der Waals surface area (Å²) in [6, 6.07) is 13.7. The number of benzene rings is 2. The molecule has 0 saturated heterocycles. The highest BCUT2D eigenvalue weighted by Gasteiger charge is 2.27. The third-order valence-corrected chi connectivity index (χ3v) is 5.32. The van der Waals surface area contributed by atoms with Gasteiger partial charge in [0, 0.05) is 5.56 Å². The number of fused-ring (bicyclic) bond motifs is 1. The van der Waals surface area contributed by atoms with E-state index in [4.69, 9.17) is 18.7 Å². The molecule has 0 radical (unpaired) electrons. The van der Waals surface area contributed by atoms with Gasteiger partial charge in [0.1, 0.15) is 6.10 Å². The summed E-state index contributed by atoms with van der Waals surface area (Å²) < 4.78 is 24.0. The summed E-state index contributed by atoms with van der Waals surface area (Å²) in [7, 11) is 3.16. The Labute approximate surface area is 178 Å². The van der Waals surface area contributed by atoms with Crippen molar-refractivity contribution in [1.29, 1.82) is 0 Å². The van der Waals surface area contributed by atoms with Crippen LogP contribution in [0, 0.1) is 6.92 Å². The number of methoxy groups -OCH3 is 2. The minimum atomic E-state index is -0.0738. The van der Waals surface area contributed by atoms with Crippen molar-refractivity contribution in [3.63, 3.8) is 0 Å². The summed E-state index contributed by atoms with van der Waals surface area (Å²) in [5.74, 6) is 1.92. The first-order chi connectivity index (χ1) is 15.2. The molecule has 1 aliphatic heterocycles. The second-order valence-corrected chi connectivity index (χ2v) is 7.27. The maximum atomic E-state index is 6.08. The molecule has 9 heteroatoms. The van der Waals surface area contributed by atoms with Crippen molar-refractivity contribution >= 4 is 0 Å². The minimum absolute atomic E-state index is 0.0738. The lowest BCUT2D eigenvalue weighted by molar-refractivity contribution is -0.00112. The molecule has 1 unspecified atom stereocenters. The van der Waals surface area contributed by atoms with Crippen LogP contribution in [0.25, 0.3) is 23.0 Å². The van der Waals surface area contributed by atoms with Crippen molar-refractivity contribution < 1.29 is 18.7 Å². The van der Waals surface area contributed by atoms with Gasteiger partial charge in [0.25, 0.3) is 5.89 Å². The van der Waals surface area contributed by atoms with Crippen molar-refractivity contribution in [3.8, 4) is 34.5 Å². The number of aryl methyl sites for hydroxylation is 1. The highest BCUT2D eigenvalue weighted by molar-refractivity contribution is 5.62. The van der Waals surface area contributed by atoms with E-state index in [2.05, 4.69) is 51.6 Å². The summed E-state index contributed by atoms with van der Waals surface area (Å²) in [4.78, 5) is 4.50. The van der Waals surface area contributed by atoms with Crippen molar-refractivity contribution in [2.75, 3.05) is 14.2 Å². The summed E-state index contributed by atoms with van der Waals surface area (Å²) >= 11 is 0. The van der Waals surface area contributed by atoms with Crippen molar-refractivity contribution in [2.45, 2.75) is 26.2 Å². The van der Waals surface area contributed by atoms with E-state index in [1.165, 1.54) is 5.56 Å². The summed E-state index contributed by atoms with van der Waals surface area (Å²) in [6.45, 7) is 3.00. The van der Waals surface area contributed by atoms with Crippen molar-refractivity contribution in [3.05, 3.63) is 59.3 Å². The van der Waals surface area contributed by atoms with Crippen LogP contribution in [-0.2, 0) is 17.9 Å². The van der Waals surface area contributed by atoms with Crippen LogP contribution in [0.5, 0.6) is 11.5 Å². The van der Waals surface area contributed by atoms with Crippen LogP contribution in [0.4, 0.5) is 0 Å². The first-order valence-electron chi connectivity index (χ1n) is 9.83. The summed E-state index contributed by atoms with van der Waals surface area (Å²) in [6.07, 6.45) is -0.0738. The smallest absolute Gasteiger partial charge is 0.258 e. The van der Waals surface area contributed by atoms with E-state index in [1.54, 1.807) is 26.4 Å². The fourth-order valence-corrected chi connectivity index (χ4v) is 3.57. The highest BCUT2D eigenvalue weighted by atomic mass is 16.5. The molecule has 2 aromatic carbocycles. The molecule has 1 aliphatic rings. The number of aromatic nitrogens is 5. The van der Waals surface area contributed by atoms with E-state index in [0.717, 1.165) is 11.3 Å². The molecule has 3 heterocycles. The van der Waals surface area contributed by atoms with Gasteiger partial charge < -0.3 is 18.7 Å². The minimum Gasteiger partial charge on any atom is -0.493 e. The van der Waals surface area contributed by atoms with Gasteiger partial charge in [0.15, 0.2) is 17.2 Å². The van der Waals surface area contributed by atoms with E-state index in [-0.39, 0.29) is 6.10 Å². The monoisotopic (exact) mass is 419 g/mol. The van der Waals surface area contributed by atoms with Gasteiger partial charge in [-0.15, -0.1) is 5.10 Å². The molecule has 0 saturated carbocycles. The van der Waals surface area contributed by atoms with Crippen LogP contribution in [0.2, 0.25) is 0 Å². The van der Waals surface area contributed by atoms with Crippen LogP contribution in [0.1, 0.15) is 22.9 Å². The standard InChI is InChI=1S/C22H21N5O4/c1-13-4-6-14(7-5-13)19-11-27-16(12-30-19)20(24-26-27)21-23-22(31-25-21)15-8-9-17(28-2)18(10-15)29-3/h4-10,19H,11-12H2,1-3H3. The molecule has 158 valence electrons. The molecular formula is C22H21N5O4. The van der Waals surface area contributed by atoms with Gasteiger partial charge in [-0.1, -0.05) is 40.2 Å². The predicted octanol–water partition coefficient (Wildman–Crippen LogP) is 3.59. The molecule has 0 spiro atoms. The molecule has 0 N–H and O–H groups in total. The zero-order valence-corrected chi connectivity index (χ0v) is 17.4. The third kappa shape index (κ3) is 3.53. The van der Waals surface area contributed by atoms with Crippen LogP contribution < -0.4 is 9.47 Å². The van der Waals surface area contributed by atoms with Gasteiger partial charge >= 0.3 is 0 Å². The maximum absolute atomic E-state index is 6.08. The van der Waals surface area contributed by atoms with Crippen LogP contribution >= 0.6 is 0 Å². The molecule has 0 amide bonds. The lowest BCUT2D eigenvalue weighted by atomic mass is 10.1. The van der Waals surface area contributed by atoms with Gasteiger partial charge in [0.05, 0.1) is 33.1 Å². The second-order valence-electron chi connectivity index (χ2n) is 7.27. The Hall–Kier alpha value is -3.72. The van der Waals surface area contributed by atoms with Gasteiger partial charge in [-0.3, -0.25) is 0 Å². The van der Waals surface area contributed by atoms with Crippen molar-refractivity contribution in [1.82, 2.24) is 25.1 Å². The Morgan fingerprint density at radius 1 is 1.03 bits per heavy atom. The van der Waals surface area contributed by atoms with Gasteiger partial charge in [-0.2, -0.15) is 4.98 Å². The van der Waals surface area contributed by atoms with Gasteiger partial charge in [-0.25, -0.2) is 4.68 Å². The zero-order valence-electron chi connectivity index (χ0n) is 17.4. The first-order valence-corrected chi connectivity index (χ1v) is 9.83. The van der Waals surface area contributed by atoms with E-state index in [9.17, 15) is 0 Å². The predicted molar refractivity (Wildman–Crippen MR) is 111 cm³/mol. The highest BCUT2D eigenvalue weighted by Crippen LogP contribution is 2.33.